The summed E-state index contributed by atoms with van der Waals surface area (Å²) in [5.41, 5.74) is 0. The Balaban J connectivity index is 2.13. The van der Waals surface area contributed by atoms with Gasteiger partial charge in [0.05, 0.1) is 0 Å². The summed E-state index contributed by atoms with van der Waals surface area (Å²) in [7, 11) is 0. The predicted octanol–water partition coefficient (Wildman–Crippen LogP) is 3.16. The number of hydrogen-bond donors (Lipinski definition) is 1. The fraction of sp³-hybridized carbons (Fsp3) is 0.929. The normalized spacial score (nSPS) is 21.3. The monoisotopic (exact) mass is 225 g/mol. The van der Waals surface area contributed by atoms with Gasteiger partial charge < -0.3 is 5.32 Å². The highest BCUT2D eigenvalue weighted by Crippen LogP contribution is 2.19. The number of ketones is 1. The van der Waals surface area contributed by atoms with Gasteiger partial charge in [-0.1, -0.05) is 26.7 Å². The minimum absolute atomic E-state index is 0.485. The van der Waals surface area contributed by atoms with Gasteiger partial charge in [0, 0.05) is 12.8 Å². The summed E-state index contributed by atoms with van der Waals surface area (Å²) in [6, 6.07) is 0. The van der Waals surface area contributed by atoms with E-state index in [4.69, 9.17) is 0 Å². The van der Waals surface area contributed by atoms with Gasteiger partial charge in [0.15, 0.2) is 0 Å². The van der Waals surface area contributed by atoms with Crippen molar-refractivity contribution in [2.24, 2.45) is 11.8 Å². The quantitative estimate of drug-likeness (QED) is 0.721. The molecule has 1 aliphatic heterocycles. The van der Waals surface area contributed by atoms with Gasteiger partial charge in [-0.25, -0.2) is 0 Å². The van der Waals surface area contributed by atoms with Gasteiger partial charge in [-0.15, -0.1) is 0 Å². The van der Waals surface area contributed by atoms with E-state index in [0.29, 0.717) is 11.7 Å². The molecule has 0 spiro atoms. The van der Waals surface area contributed by atoms with Crippen molar-refractivity contribution in [3.05, 3.63) is 0 Å². The molecule has 1 N–H and O–H groups in total. The van der Waals surface area contributed by atoms with Crippen LogP contribution in [-0.4, -0.2) is 18.9 Å². The average molecular weight is 225 g/mol. The Labute approximate surface area is 100 Å². The number of carbonyl (C=O) groups is 1. The van der Waals surface area contributed by atoms with Crippen LogP contribution in [0.25, 0.3) is 0 Å². The van der Waals surface area contributed by atoms with Crippen molar-refractivity contribution in [1.29, 1.82) is 0 Å². The van der Waals surface area contributed by atoms with Gasteiger partial charge >= 0.3 is 0 Å². The molecule has 0 amide bonds. The molecule has 1 aliphatic rings. The van der Waals surface area contributed by atoms with Crippen LogP contribution < -0.4 is 5.32 Å². The van der Waals surface area contributed by atoms with Crippen molar-refractivity contribution >= 4 is 5.78 Å². The Morgan fingerprint density at radius 2 is 2.12 bits per heavy atom. The minimum Gasteiger partial charge on any atom is -0.316 e. The molecule has 0 aromatic rings. The second-order valence-corrected chi connectivity index (χ2v) is 5.18. The first-order valence-electron chi connectivity index (χ1n) is 6.98. The summed E-state index contributed by atoms with van der Waals surface area (Å²) in [4.78, 5) is 11.8. The van der Waals surface area contributed by atoms with E-state index < -0.39 is 0 Å². The molecular weight excluding hydrogens is 198 g/mol. The lowest BCUT2D eigenvalue weighted by atomic mass is 9.90. The van der Waals surface area contributed by atoms with Crippen LogP contribution in [0, 0.1) is 11.8 Å². The van der Waals surface area contributed by atoms with Crippen molar-refractivity contribution in [2.45, 2.75) is 58.8 Å². The third kappa shape index (κ3) is 5.11. The zero-order valence-corrected chi connectivity index (χ0v) is 10.9. The van der Waals surface area contributed by atoms with E-state index >= 15 is 0 Å². The number of nitrogens with one attached hydrogen (secondary N) is 1. The van der Waals surface area contributed by atoms with Crippen molar-refractivity contribution < 1.29 is 4.79 Å². The van der Waals surface area contributed by atoms with E-state index in [9.17, 15) is 4.79 Å². The molecule has 0 radical (unpaired) electrons. The standard InChI is InChI=1S/C14H27NO/c1-3-12(4-2)10-14(16)8-7-13-6-5-9-15-11-13/h12-13,15H,3-11H2,1-2H3. The van der Waals surface area contributed by atoms with E-state index in [0.717, 1.165) is 51.1 Å². The Morgan fingerprint density at radius 1 is 1.38 bits per heavy atom. The second-order valence-electron chi connectivity index (χ2n) is 5.18. The summed E-state index contributed by atoms with van der Waals surface area (Å²) in [6.07, 6.45) is 7.61. The summed E-state index contributed by atoms with van der Waals surface area (Å²) in [5, 5.41) is 3.41. The molecule has 0 aliphatic carbocycles. The van der Waals surface area contributed by atoms with Gasteiger partial charge in [0.25, 0.3) is 0 Å². The first kappa shape index (κ1) is 13.7. The Morgan fingerprint density at radius 3 is 2.69 bits per heavy atom. The topological polar surface area (TPSA) is 29.1 Å². The number of rotatable bonds is 7. The second kappa shape index (κ2) is 7.83. The van der Waals surface area contributed by atoms with E-state index in [1.54, 1.807) is 0 Å². The minimum atomic E-state index is 0.485. The average Bonchev–Trinajstić information content (AvgIpc) is 2.34. The van der Waals surface area contributed by atoms with E-state index in [1.165, 1.54) is 12.8 Å². The maximum absolute atomic E-state index is 11.8. The Bertz CT molecular complexity index is 193. The summed E-state index contributed by atoms with van der Waals surface area (Å²) in [5.74, 6) is 1.86. The third-order valence-electron chi connectivity index (χ3n) is 3.90. The molecule has 1 unspecified atom stereocenters. The van der Waals surface area contributed by atoms with Gasteiger partial charge in [0.2, 0.25) is 0 Å². The van der Waals surface area contributed by atoms with E-state index in [-0.39, 0.29) is 0 Å². The lowest BCUT2D eigenvalue weighted by Crippen LogP contribution is -2.30. The molecule has 1 heterocycles. The summed E-state index contributed by atoms with van der Waals surface area (Å²) >= 11 is 0. The molecule has 1 saturated heterocycles. The smallest absolute Gasteiger partial charge is 0.133 e. The highest BCUT2D eigenvalue weighted by Gasteiger charge is 2.15. The molecule has 1 rings (SSSR count). The predicted molar refractivity (Wildman–Crippen MR) is 68.5 cm³/mol. The molecular formula is C14H27NO. The first-order valence-corrected chi connectivity index (χ1v) is 6.98. The van der Waals surface area contributed by atoms with Crippen molar-refractivity contribution in [3.8, 4) is 0 Å². The summed E-state index contributed by atoms with van der Waals surface area (Å²) in [6.45, 7) is 6.66. The van der Waals surface area contributed by atoms with Crippen LogP contribution in [0.4, 0.5) is 0 Å². The fourth-order valence-electron chi connectivity index (χ4n) is 2.54. The number of piperidine rings is 1. The lowest BCUT2D eigenvalue weighted by molar-refractivity contribution is -0.120. The number of hydrogen-bond acceptors (Lipinski definition) is 2. The molecule has 0 saturated carbocycles. The van der Waals surface area contributed by atoms with E-state index in [1.807, 2.05) is 0 Å². The molecule has 94 valence electrons. The van der Waals surface area contributed by atoms with Crippen molar-refractivity contribution in [1.82, 2.24) is 5.32 Å². The molecule has 0 bridgehead atoms. The zero-order valence-electron chi connectivity index (χ0n) is 10.9. The summed E-state index contributed by atoms with van der Waals surface area (Å²) < 4.78 is 0. The molecule has 0 aromatic carbocycles. The molecule has 1 atom stereocenters. The van der Waals surface area contributed by atoms with Gasteiger partial charge in [-0.05, 0) is 44.2 Å². The third-order valence-corrected chi connectivity index (χ3v) is 3.90. The highest BCUT2D eigenvalue weighted by atomic mass is 16.1. The van der Waals surface area contributed by atoms with Crippen molar-refractivity contribution in [2.75, 3.05) is 13.1 Å². The Kier molecular flexibility index (Phi) is 6.70. The van der Waals surface area contributed by atoms with Crippen LogP contribution in [0.3, 0.4) is 0 Å². The van der Waals surface area contributed by atoms with E-state index in [2.05, 4.69) is 19.2 Å². The maximum atomic E-state index is 11.8. The largest absolute Gasteiger partial charge is 0.316 e. The van der Waals surface area contributed by atoms with Crippen LogP contribution in [0.15, 0.2) is 0 Å². The molecule has 16 heavy (non-hydrogen) atoms. The highest BCUT2D eigenvalue weighted by molar-refractivity contribution is 5.78. The van der Waals surface area contributed by atoms with Crippen LogP contribution in [-0.2, 0) is 4.79 Å². The first-order chi connectivity index (χ1) is 7.76. The van der Waals surface area contributed by atoms with Crippen LogP contribution in [0.5, 0.6) is 0 Å². The van der Waals surface area contributed by atoms with Crippen molar-refractivity contribution in [3.63, 3.8) is 0 Å². The molecule has 1 fully saturated rings. The van der Waals surface area contributed by atoms with Gasteiger partial charge in [-0.2, -0.15) is 0 Å². The lowest BCUT2D eigenvalue weighted by Gasteiger charge is -2.22. The fourth-order valence-corrected chi connectivity index (χ4v) is 2.54. The molecule has 2 heteroatoms. The number of carbonyl (C=O) groups excluding carboxylic acids is 1. The SMILES string of the molecule is CCC(CC)CC(=O)CCC1CCCNC1. The van der Waals surface area contributed by atoms with Crippen LogP contribution >= 0.6 is 0 Å². The molecule has 2 nitrogen and oxygen atoms in total. The van der Waals surface area contributed by atoms with Crippen LogP contribution in [0.1, 0.15) is 58.8 Å². The van der Waals surface area contributed by atoms with Crippen LogP contribution in [0.2, 0.25) is 0 Å². The van der Waals surface area contributed by atoms with Gasteiger partial charge in [0.1, 0.15) is 5.78 Å². The number of Topliss-reactive ketones (excluding diaryl/α,β-unsaturated/α-hetero) is 1. The zero-order chi connectivity index (χ0) is 11.8. The molecule has 0 aromatic heterocycles. The Hall–Kier alpha value is -0.370. The van der Waals surface area contributed by atoms with Gasteiger partial charge in [-0.3, -0.25) is 4.79 Å². The maximum Gasteiger partial charge on any atom is 0.133 e.